The van der Waals surface area contributed by atoms with Crippen molar-refractivity contribution >= 4 is 40.8 Å². The number of aromatic nitrogens is 4. The van der Waals surface area contributed by atoms with Crippen LogP contribution in [-0.2, 0) is 11.2 Å². The fourth-order valence-corrected chi connectivity index (χ4v) is 5.90. The minimum atomic E-state index is -0.792. The molecule has 1 aliphatic rings. The highest BCUT2D eigenvalue weighted by atomic mass is 35.5. The SMILES string of the molecule is Nc1nnc(-c2nc(C3CCCCC3)n(-c3c(CC(=O)Nc4ccc(F)cc4)ccc(Cl)c3F)c2-c2ccc(F)c(Cl)c2)o1. The zero-order valence-electron chi connectivity index (χ0n) is 23.1. The summed E-state index contributed by atoms with van der Waals surface area (Å²) in [6.45, 7) is 0. The first-order valence-corrected chi connectivity index (χ1v) is 14.6. The molecule has 0 unspecified atom stereocenters. The van der Waals surface area contributed by atoms with E-state index >= 15 is 4.39 Å². The van der Waals surface area contributed by atoms with Gasteiger partial charge >= 0.3 is 6.01 Å². The second kappa shape index (κ2) is 12.3. The standard InChI is InChI=1S/C31H25Cl2F3N6O2/c32-21-12-6-18(15-24(43)38-20-10-8-19(34)9-11-20)27(25(21)36)42-28(17-7-13-23(35)22(33)14-17)26(30-40-41-31(37)44-30)39-29(42)16-4-2-1-3-5-16/h6-14,16H,1-5,15H2,(H2,37,41)(H,38,43). The summed E-state index contributed by atoms with van der Waals surface area (Å²) >= 11 is 12.6. The molecule has 13 heteroatoms. The first kappa shape index (κ1) is 29.7. The maximum absolute atomic E-state index is 16.4. The summed E-state index contributed by atoms with van der Waals surface area (Å²) in [5, 5.41) is 10.2. The number of hydrogen-bond acceptors (Lipinski definition) is 6. The number of nitrogen functional groups attached to an aromatic ring is 1. The highest BCUT2D eigenvalue weighted by molar-refractivity contribution is 6.31. The van der Waals surface area contributed by atoms with Gasteiger partial charge in [0.2, 0.25) is 5.91 Å². The summed E-state index contributed by atoms with van der Waals surface area (Å²) in [7, 11) is 0. The van der Waals surface area contributed by atoms with Gasteiger partial charge in [-0.3, -0.25) is 9.36 Å². The number of amides is 1. The zero-order chi connectivity index (χ0) is 31.0. The predicted octanol–water partition coefficient (Wildman–Crippen LogP) is 8.12. The Balaban J connectivity index is 1.59. The number of carbonyl (C=O) groups excluding carboxylic acids is 1. The summed E-state index contributed by atoms with van der Waals surface area (Å²) < 4.78 is 51.3. The third kappa shape index (κ3) is 5.89. The Hall–Kier alpha value is -4.35. The largest absolute Gasteiger partial charge is 0.402 e. The van der Waals surface area contributed by atoms with E-state index in [4.69, 9.17) is 38.3 Å². The monoisotopic (exact) mass is 640 g/mol. The second-order valence-corrected chi connectivity index (χ2v) is 11.3. The third-order valence-electron chi connectivity index (χ3n) is 7.57. The summed E-state index contributed by atoms with van der Waals surface area (Å²) in [4.78, 5) is 18.1. The number of benzene rings is 3. The average Bonchev–Trinajstić information content (AvgIpc) is 3.62. The summed E-state index contributed by atoms with van der Waals surface area (Å²) in [5.74, 6) is -2.03. The molecule has 0 atom stereocenters. The molecule has 1 amide bonds. The Morgan fingerprint density at radius 2 is 1.73 bits per heavy atom. The maximum atomic E-state index is 16.4. The predicted molar refractivity (Wildman–Crippen MR) is 161 cm³/mol. The number of imidazole rings is 1. The molecule has 1 saturated carbocycles. The van der Waals surface area contributed by atoms with Gasteiger partial charge in [-0.15, -0.1) is 5.10 Å². The number of carbonyl (C=O) groups is 1. The van der Waals surface area contributed by atoms with Crippen molar-refractivity contribution in [3.05, 3.63) is 93.5 Å². The minimum Gasteiger partial charge on any atom is -0.402 e. The van der Waals surface area contributed by atoms with E-state index < -0.39 is 23.4 Å². The second-order valence-electron chi connectivity index (χ2n) is 10.5. The zero-order valence-corrected chi connectivity index (χ0v) is 24.6. The van der Waals surface area contributed by atoms with Crippen LogP contribution >= 0.6 is 23.2 Å². The molecule has 2 heterocycles. The van der Waals surface area contributed by atoms with Gasteiger partial charge in [0.15, 0.2) is 11.5 Å². The van der Waals surface area contributed by atoms with E-state index in [1.54, 1.807) is 10.6 Å². The Labute approximate surface area is 260 Å². The molecular formula is C31H25Cl2F3N6O2. The first-order chi connectivity index (χ1) is 21.2. The van der Waals surface area contributed by atoms with Gasteiger partial charge in [0, 0.05) is 17.2 Å². The van der Waals surface area contributed by atoms with Crippen LogP contribution in [0.2, 0.25) is 10.0 Å². The fourth-order valence-electron chi connectivity index (χ4n) is 5.56. The molecular weight excluding hydrogens is 616 g/mol. The quantitative estimate of drug-likeness (QED) is 0.186. The molecule has 226 valence electrons. The van der Waals surface area contributed by atoms with Gasteiger partial charge in [0.05, 0.1) is 27.8 Å². The first-order valence-electron chi connectivity index (χ1n) is 13.9. The molecule has 0 aliphatic heterocycles. The van der Waals surface area contributed by atoms with Crippen LogP contribution in [-0.4, -0.2) is 25.7 Å². The van der Waals surface area contributed by atoms with Crippen molar-refractivity contribution in [2.24, 2.45) is 0 Å². The van der Waals surface area contributed by atoms with Crippen molar-refractivity contribution in [1.29, 1.82) is 0 Å². The van der Waals surface area contributed by atoms with Crippen LogP contribution in [0.1, 0.15) is 49.4 Å². The number of nitrogens with two attached hydrogens (primary N) is 1. The van der Waals surface area contributed by atoms with Gasteiger partial charge in [0.1, 0.15) is 17.5 Å². The molecule has 0 saturated heterocycles. The molecule has 6 rings (SSSR count). The molecule has 5 aromatic rings. The van der Waals surface area contributed by atoms with Crippen molar-refractivity contribution in [3.63, 3.8) is 0 Å². The van der Waals surface area contributed by atoms with E-state index in [0.717, 1.165) is 32.1 Å². The highest BCUT2D eigenvalue weighted by Gasteiger charge is 2.32. The number of anilines is 2. The number of nitrogens with one attached hydrogen (secondary N) is 1. The molecule has 1 fully saturated rings. The van der Waals surface area contributed by atoms with E-state index in [1.165, 1.54) is 48.5 Å². The van der Waals surface area contributed by atoms with Crippen molar-refractivity contribution in [1.82, 2.24) is 19.7 Å². The molecule has 1 aliphatic carbocycles. The molecule has 0 radical (unpaired) electrons. The molecule has 8 nitrogen and oxygen atoms in total. The lowest BCUT2D eigenvalue weighted by molar-refractivity contribution is -0.115. The van der Waals surface area contributed by atoms with Crippen LogP contribution in [0.3, 0.4) is 0 Å². The lowest BCUT2D eigenvalue weighted by Gasteiger charge is -2.24. The number of rotatable bonds is 7. The van der Waals surface area contributed by atoms with Gasteiger partial charge < -0.3 is 15.5 Å². The summed E-state index contributed by atoms with van der Waals surface area (Å²) in [5.41, 5.74) is 7.22. The fraction of sp³-hybridized carbons (Fsp3) is 0.226. The normalized spacial score (nSPS) is 13.8. The molecule has 0 bridgehead atoms. The summed E-state index contributed by atoms with van der Waals surface area (Å²) in [6, 6.07) is 12.1. The van der Waals surface area contributed by atoms with Gasteiger partial charge in [-0.2, -0.15) is 0 Å². The van der Waals surface area contributed by atoms with Crippen molar-refractivity contribution in [3.8, 4) is 28.5 Å². The Morgan fingerprint density at radius 1 is 0.977 bits per heavy atom. The Morgan fingerprint density at radius 3 is 2.41 bits per heavy atom. The van der Waals surface area contributed by atoms with Gasteiger partial charge in [-0.05, 0) is 66.9 Å². The lowest BCUT2D eigenvalue weighted by Crippen LogP contribution is -2.18. The highest BCUT2D eigenvalue weighted by Crippen LogP contribution is 2.43. The number of hydrogen-bond donors (Lipinski definition) is 2. The average molecular weight is 641 g/mol. The summed E-state index contributed by atoms with van der Waals surface area (Å²) in [6.07, 6.45) is 4.19. The van der Waals surface area contributed by atoms with Gasteiger partial charge in [0.25, 0.3) is 5.89 Å². The van der Waals surface area contributed by atoms with Gasteiger partial charge in [-0.25, -0.2) is 18.2 Å². The maximum Gasteiger partial charge on any atom is 0.313 e. The van der Waals surface area contributed by atoms with Crippen LogP contribution in [0.15, 0.2) is 59.0 Å². The van der Waals surface area contributed by atoms with Crippen molar-refractivity contribution in [2.75, 3.05) is 11.1 Å². The van der Waals surface area contributed by atoms with E-state index in [0.29, 0.717) is 17.1 Å². The molecule has 0 spiro atoms. The van der Waals surface area contributed by atoms with Crippen molar-refractivity contribution in [2.45, 2.75) is 44.4 Å². The minimum absolute atomic E-state index is 0.0194. The smallest absolute Gasteiger partial charge is 0.313 e. The van der Waals surface area contributed by atoms with Gasteiger partial charge in [-0.1, -0.05) is 53.6 Å². The van der Waals surface area contributed by atoms with Crippen LogP contribution < -0.4 is 11.1 Å². The topological polar surface area (TPSA) is 112 Å². The van der Waals surface area contributed by atoms with Crippen LogP contribution in [0, 0.1) is 17.5 Å². The molecule has 2 aromatic heterocycles. The number of nitrogens with zero attached hydrogens (tertiary/aromatic N) is 4. The molecule has 44 heavy (non-hydrogen) atoms. The van der Waals surface area contributed by atoms with Crippen LogP contribution in [0.4, 0.5) is 24.9 Å². The van der Waals surface area contributed by atoms with E-state index in [9.17, 15) is 13.6 Å². The van der Waals surface area contributed by atoms with E-state index in [-0.39, 0.29) is 56.9 Å². The molecule has 3 aromatic carbocycles. The van der Waals surface area contributed by atoms with Crippen LogP contribution in [0.5, 0.6) is 0 Å². The number of halogens is 5. The third-order valence-corrected chi connectivity index (χ3v) is 8.15. The van der Waals surface area contributed by atoms with E-state index in [1.807, 2.05) is 0 Å². The van der Waals surface area contributed by atoms with Crippen LogP contribution in [0.25, 0.3) is 28.5 Å². The lowest BCUT2D eigenvalue weighted by atomic mass is 9.88. The Bertz CT molecular complexity index is 1850. The van der Waals surface area contributed by atoms with Crippen molar-refractivity contribution < 1.29 is 22.4 Å². The Kier molecular flexibility index (Phi) is 8.33. The van der Waals surface area contributed by atoms with E-state index in [2.05, 4.69) is 15.5 Å². The molecule has 3 N–H and O–H groups in total.